The number of aromatic amines is 1. The number of pyridine rings is 1. The number of benzene rings is 2. The number of nitriles is 1. The molecule has 4 heteroatoms. The van der Waals surface area contributed by atoms with Crippen LogP contribution < -0.4 is 0 Å². The van der Waals surface area contributed by atoms with Crippen LogP contribution in [0.2, 0.25) is 0 Å². The lowest BCUT2D eigenvalue weighted by Gasteiger charge is -2.22. The first-order chi connectivity index (χ1) is 14.6. The van der Waals surface area contributed by atoms with Gasteiger partial charge in [-0.3, -0.25) is 10.1 Å². The van der Waals surface area contributed by atoms with E-state index in [1.165, 1.54) is 43.1 Å². The molecule has 150 valence electrons. The molecule has 0 amide bonds. The molecule has 0 spiro atoms. The minimum absolute atomic E-state index is 0.502. The smallest absolute Gasteiger partial charge is 0.101 e. The van der Waals surface area contributed by atoms with Crippen molar-refractivity contribution in [2.45, 2.75) is 57.3 Å². The van der Waals surface area contributed by atoms with E-state index in [1.807, 2.05) is 32.2 Å². The predicted octanol–water partition coefficient (Wildman–Crippen LogP) is 6.63. The average Bonchev–Trinajstić information content (AvgIpc) is 3.24. The highest BCUT2D eigenvalue weighted by atomic mass is 15.1. The van der Waals surface area contributed by atoms with Gasteiger partial charge in [-0.1, -0.05) is 49.6 Å². The Kier molecular flexibility index (Phi) is 4.55. The molecule has 1 N–H and O–H groups in total. The summed E-state index contributed by atoms with van der Waals surface area (Å²) >= 11 is 0. The van der Waals surface area contributed by atoms with Gasteiger partial charge < -0.3 is 0 Å². The SMILES string of the molecule is CC(C)(C#N)c1ccc(-c2n[nH]c3cnc4ccc(C5CCCCC5)cc4c23)cc1. The molecule has 2 heterocycles. The van der Waals surface area contributed by atoms with Crippen molar-refractivity contribution >= 4 is 21.8 Å². The van der Waals surface area contributed by atoms with E-state index in [4.69, 9.17) is 0 Å². The molecule has 0 aliphatic heterocycles. The van der Waals surface area contributed by atoms with Gasteiger partial charge in [0, 0.05) is 16.3 Å². The topological polar surface area (TPSA) is 65.4 Å². The summed E-state index contributed by atoms with van der Waals surface area (Å²) in [5, 5.41) is 19.5. The zero-order valence-electron chi connectivity index (χ0n) is 17.6. The predicted molar refractivity (Wildman–Crippen MR) is 121 cm³/mol. The standard InChI is InChI=1S/C26H26N4/c1-26(2,16-27)20-11-8-18(9-12-20)25-24-21-14-19(17-6-4-3-5-7-17)10-13-22(21)28-15-23(24)29-30-25/h8-15,17H,3-7H2,1-2H3,(H,29,30). The monoisotopic (exact) mass is 394 g/mol. The van der Waals surface area contributed by atoms with E-state index in [1.54, 1.807) is 0 Å². The maximum Gasteiger partial charge on any atom is 0.101 e. The molecule has 1 saturated carbocycles. The number of fused-ring (bicyclic) bond motifs is 3. The maximum atomic E-state index is 9.42. The van der Waals surface area contributed by atoms with E-state index in [9.17, 15) is 5.26 Å². The van der Waals surface area contributed by atoms with Gasteiger partial charge in [0.2, 0.25) is 0 Å². The highest BCUT2D eigenvalue weighted by Crippen LogP contribution is 2.37. The normalized spacial score (nSPS) is 15.5. The fraction of sp³-hybridized carbons (Fsp3) is 0.346. The Labute approximate surface area is 177 Å². The molecular weight excluding hydrogens is 368 g/mol. The molecule has 2 aromatic carbocycles. The molecule has 1 fully saturated rings. The van der Waals surface area contributed by atoms with Crippen LogP contribution in [0.4, 0.5) is 0 Å². The second kappa shape index (κ2) is 7.25. The number of nitrogens with zero attached hydrogens (tertiary/aromatic N) is 3. The lowest BCUT2D eigenvalue weighted by Crippen LogP contribution is -2.13. The molecule has 0 saturated heterocycles. The number of rotatable bonds is 3. The van der Waals surface area contributed by atoms with E-state index in [0.29, 0.717) is 5.92 Å². The highest BCUT2D eigenvalue weighted by molar-refractivity contribution is 6.11. The van der Waals surface area contributed by atoms with Crippen molar-refractivity contribution < 1.29 is 0 Å². The summed E-state index contributed by atoms with van der Waals surface area (Å²) in [4.78, 5) is 4.65. The van der Waals surface area contributed by atoms with Crippen LogP contribution in [-0.2, 0) is 5.41 Å². The van der Waals surface area contributed by atoms with Gasteiger partial charge >= 0.3 is 0 Å². The van der Waals surface area contributed by atoms with Crippen LogP contribution in [0.5, 0.6) is 0 Å². The number of nitrogens with one attached hydrogen (secondary N) is 1. The minimum Gasteiger partial charge on any atom is -0.276 e. The van der Waals surface area contributed by atoms with Crippen molar-refractivity contribution in [3.63, 3.8) is 0 Å². The van der Waals surface area contributed by atoms with Crippen molar-refractivity contribution in [2.75, 3.05) is 0 Å². The van der Waals surface area contributed by atoms with Crippen LogP contribution in [-0.4, -0.2) is 15.2 Å². The van der Waals surface area contributed by atoms with Crippen LogP contribution in [0, 0.1) is 11.3 Å². The molecule has 1 aliphatic rings. The second-order valence-corrected chi connectivity index (χ2v) is 9.04. The fourth-order valence-electron chi connectivity index (χ4n) is 4.73. The Balaban J connectivity index is 1.64. The number of aromatic nitrogens is 3. The minimum atomic E-state index is -0.502. The van der Waals surface area contributed by atoms with Gasteiger partial charge in [0.05, 0.1) is 28.7 Å². The number of hydrogen-bond donors (Lipinski definition) is 1. The summed E-state index contributed by atoms with van der Waals surface area (Å²) in [5.41, 5.74) is 5.90. The van der Waals surface area contributed by atoms with Crippen LogP contribution >= 0.6 is 0 Å². The Bertz CT molecular complexity index is 1250. The molecule has 4 nitrogen and oxygen atoms in total. The largest absolute Gasteiger partial charge is 0.276 e. The molecule has 1 aliphatic carbocycles. The quantitative estimate of drug-likeness (QED) is 0.424. The van der Waals surface area contributed by atoms with Crippen molar-refractivity contribution in [3.8, 4) is 17.3 Å². The first kappa shape index (κ1) is 18.8. The Hall–Kier alpha value is -3.19. The molecular formula is C26H26N4. The highest BCUT2D eigenvalue weighted by Gasteiger charge is 2.21. The van der Waals surface area contributed by atoms with Gasteiger partial charge in [0.15, 0.2) is 0 Å². The molecule has 0 unspecified atom stereocenters. The number of hydrogen-bond acceptors (Lipinski definition) is 3. The van der Waals surface area contributed by atoms with E-state index in [2.05, 4.69) is 51.6 Å². The van der Waals surface area contributed by atoms with Crippen LogP contribution in [0.1, 0.15) is 63.0 Å². The lowest BCUT2D eigenvalue weighted by molar-refractivity contribution is 0.444. The van der Waals surface area contributed by atoms with E-state index in [0.717, 1.165) is 33.2 Å². The van der Waals surface area contributed by atoms with E-state index >= 15 is 0 Å². The summed E-state index contributed by atoms with van der Waals surface area (Å²) in [5.74, 6) is 0.654. The van der Waals surface area contributed by atoms with Gasteiger partial charge in [-0.25, -0.2) is 0 Å². The molecule has 4 aromatic rings. The first-order valence-corrected chi connectivity index (χ1v) is 10.9. The van der Waals surface area contributed by atoms with Gasteiger partial charge in [-0.15, -0.1) is 0 Å². The third-order valence-electron chi connectivity index (χ3n) is 6.65. The van der Waals surface area contributed by atoms with Crippen molar-refractivity contribution in [2.24, 2.45) is 0 Å². The third-order valence-corrected chi connectivity index (χ3v) is 6.65. The Morgan fingerprint density at radius 2 is 1.80 bits per heavy atom. The fourth-order valence-corrected chi connectivity index (χ4v) is 4.73. The number of H-pyrrole nitrogens is 1. The zero-order chi connectivity index (χ0) is 20.7. The van der Waals surface area contributed by atoms with Crippen molar-refractivity contribution in [1.82, 2.24) is 15.2 Å². The molecule has 0 atom stereocenters. The Morgan fingerprint density at radius 1 is 1.03 bits per heavy atom. The zero-order valence-corrected chi connectivity index (χ0v) is 17.6. The van der Waals surface area contributed by atoms with E-state index < -0.39 is 5.41 Å². The summed E-state index contributed by atoms with van der Waals surface area (Å²) in [6, 6.07) is 17.4. The first-order valence-electron chi connectivity index (χ1n) is 10.9. The molecule has 0 radical (unpaired) electrons. The second-order valence-electron chi connectivity index (χ2n) is 9.04. The van der Waals surface area contributed by atoms with Gasteiger partial charge in [-0.2, -0.15) is 10.4 Å². The summed E-state index contributed by atoms with van der Waals surface area (Å²) in [7, 11) is 0. The Morgan fingerprint density at radius 3 is 2.53 bits per heavy atom. The van der Waals surface area contributed by atoms with Gasteiger partial charge in [-0.05, 0) is 55.9 Å². The summed E-state index contributed by atoms with van der Waals surface area (Å²) in [6.45, 7) is 3.88. The maximum absolute atomic E-state index is 9.42. The molecule has 2 aromatic heterocycles. The van der Waals surface area contributed by atoms with Crippen LogP contribution in [0.3, 0.4) is 0 Å². The third kappa shape index (κ3) is 3.15. The summed E-state index contributed by atoms with van der Waals surface area (Å²) < 4.78 is 0. The molecule has 5 rings (SSSR count). The lowest BCUT2D eigenvalue weighted by atomic mass is 9.83. The van der Waals surface area contributed by atoms with Crippen molar-refractivity contribution in [1.29, 1.82) is 5.26 Å². The summed E-state index contributed by atoms with van der Waals surface area (Å²) in [6.07, 6.45) is 8.45. The average molecular weight is 395 g/mol. The van der Waals surface area contributed by atoms with Gasteiger partial charge in [0.25, 0.3) is 0 Å². The van der Waals surface area contributed by atoms with Gasteiger partial charge in [0.1, 0.15) is 5.69 Å². The van der Waals surface area contributed by atoms with E-state index in [-0.39, 0.29) is 0 Å². The van der Waals surface area contributed by atoms with Crippen molar-refractivity contribution in [3.05, 3.63) is 59.8 Å². The molecule has 30 heavy (non-hydrogen) atoms. The van der Waals surface area contributed by atoms with Crippen LogP contribution in [0.25, 0.3) is 33.1 Å². The van der Waals surface area contributed by atoms with Crippen LogP contribution in [0.15, 0.2) is 48.7 Å². The molecule has 0 bridgehead atoms.